The molecule has 0 bridgehead atoms. The van der Waals surface area contributed by atoms with E-state index in [1.54, 1.807) is 0 Å². The van der Waals surface area contributed by atoms with Crippen LogP contribution in [0.1, 0.15) is 12.8 Å². The van der Waals surface area contributed by atoms with Gasteiger partial charge in [0.05, 0.1) is 6.61 Å². The number of aliphatic hydroxyl groups excluding tert-OH is 1. The highest BCUT2D eigenvalue weighted by Gasteiger charge is 2.36. The van der Waals surface area contributed by atoms with E-state index in [-0.39, 0.29) is 6.54 Å². The summed E-state index contributed by atoms with van der Waals surface area (Å²) in [7, 11) is 0. The minimum absolute atomic E-state index is 0.321. The highest BCUT2D eigenvalue weighted by Crippen LogP contribution is 2.20. The third kappa shape index (κ3) is 3.97. The van der Waals surface area contributed by atoms with Crippen LogP contribution in [0.2, 0.25) is 0 Å². The van der Waals surface area contributed by atoms with Gasteiger partial charge in [0.1, 0.15) is 12.6 Å². The largest absolute Gasteiger partial charge is 0.406 e. The zero-order valence-corrected chi connectivity index (χ0v) is 8.66. The fourth-order valence-electron chi connectivity index (χ4n) is 1.58. The van der Waals surface area contributed by atoms with Crippen LogP contribution >= 0.6 is 0 Å². The van der Waals surface area contributed by atoms with Crippen LogP contribution in [0.25, 0.3) is 0 Å². The van der Waals surface area contributed by atoms with Crippen molar-refractivity contribution in [1.29, 1.82) is 0 Å². The van der Waals surface area contributed by atoms with Gasteiger partial charge in [0.2, 0.25) is 0 Å². The minimum Gasteiger partial charge on any atom is -0.395 e. The van der Waals surface area contributed by atoms with Gasteiger partial charge in [-0.1, -0.05) is 0 Å². The molecule has 1 unspecified atom stereocenters. The first kappa shape index (κ1) is 13.2. The van der Waals surface area contributed by atoms with E-state index in [1.807, 2.05) is 0 Å². The lowest BCUT2D eigenvalue weighted by Gasteiger charge is -2.25. The lowest BCUT2D eigenvalue weighted by atomic mass is 10.2. The smallest absolute Gasteiger partial charge is 0.395 e. The lowest BCUT2D eigenvalue weighted by Crippen LogP contribution is -2.45. The Morgan fingerprint density at radius 2 is 2.19 bits per heavy atom. The summed E-state index contributed by atoms with van der Waals surface area (Å²) in [6.45, 7) is -1.76. The van der Waals surface area contributed by atoms with Gasteiger partial charge in [0.15, 0.2) is 0 Å². The molecule has 1 saturated heterocycles. The molecule has 1 aliphatic rings. The molecule has 0 aromatic rings. The number of amides is 1. The number of alkyl halides is 3. The fourth-order valence-corrected chi connectivity index (χ4v) is 1.58. The maximum absolute atomic E-state index is 12.2. The molecule has 0 spiro atoms. The van der Waals surface area contributed by atoms with E-state index >= 15 is 0 Å². The molecule has 7 heteroatoms. The number of ether oxygens (including phenoxy) is 1. The van der Waals surface area contributed by atoms with Gasteiger partial charge < -0.3 is 14.7 Å². The zero-order chi connectivity index (χ0) is 12.2. The molecule has 1 aliphatic heterocycles. The Kier molecular flexibility index (Phi) is 4.55. The van der Waals surface area contributed by atoms with Crippen molar-refractivity contribution in [1.82, 2.24) is 4.90 Å². The number of hydrogen-bond acceptors (Lipinski definition) is 3. The highest BCUT2D eigenvalue weighted by atomic mass is 19.4. The van der Waals surface area contributed by atoms with Gasteiger partial charge in [0.25, 0.3) is 5.91 Å². The van der Waals surface area contributed by atoms with E-state index in [1.165, 1.54) is 0 Å². The monoisotopic (exact) mass is 241 g/mol. The van der Waals surface area contributed by atoms with Crippen molar-refractivity contribution in [2.75, 3.05) is 26.3 Å². The Hall–Kier alpha value is -0.820. The molecule has 1 N–H and O–H groups in total. The van der Waals surface area contributed by atoms with Crippen molar-refractivity contribution >= 4 is 5.91 Å². The van der Waals surface area contributed by atoms with E-state index in [4.69, 9.17) is 9.84 Å². The molecular weight excluding hydrogens is 227 g/mol. The second-order valence-corrected chi connectivity index (χ2v) is 3.60. The molecule has 1 amide bonds. The van der Waals surface area contributed by atoms with E-state index in [0.717, 1.165) is 0 Å². The lowest BCUT2D eigenvalue weighted by molar-refractivity contribution is -0.167. The molecule has 1 rings (SSSR count). The summed E-state index contributed by atoms with van der Waals surface area (Å²) < 4.78 is 41.5. The van der Waals surface area contributed by atoms with Crippen LogP contribution < -0.4 is 0 Å². The SMILES string of the molecule is O=C(C1CCCO1)N(CCO)CC(F)(F)F. The third-order valence-corrected chi connectivity index (χ3v) is 2.26. The fraction of sp³-hybridized carbons (Fsp3) is 0.889. The third-order valence-electron chi connectivity index (χ3n) is 2.26. The van der Waals surface area contributed by atoms with Crippen LogP contribution in [0.3, 0.4) is 0 Å². The van der Waals surface area contributed by atoms with Gasteiger partial charge in [-0.25, -0.2) is 0 Å². The van der Waals surface area contributed by atoms with E-state index in [0.29, 0.717) is 24.3 Å². The predicted molar refractivity (Wildman–Crippen MR) is 48.7 cm³/mol. The Balaban J connectivity index is 2.57. The number of halogens is 3. The van der Waals surface area contributed by atoms with Gasteiger partial charge >= 0.3 is 6.18 Å². The van der Waals surface area contributed by atoms with Crippen molar-refractivity contribution in [2.24, 2.45) is 0 Å². The molecule has 0 radical (unpaired) electrons. The van der Waals surface area contributed by atoms with Gasteiger partial charge in [-0.05, 0) is 12.8 Å². The molecule has 0 aliphatic carbocycles. The summed E-state index contributed by atoms with van der Waals surface area (Å²) in [6, 6.07) is 0. The quantitative estimate of drug-likeness (QED) is 0.782. The molecule has 4 nitrogen and oxygen atoms in total. The van der Waals surface area contributed by atoms with Crippen molar-refractivity contribution in [3.05, 3.63) is 0 Å². The van der Waals surface area contributed by atoms with Crippen LogP contribution in [0.5, 0.6) is 0 Å². The number of hydrogen-bond donors (Lipinski definition) is 1. The first-order valence-corrected chi connectivity index (χ1v) is 5.02. The Bertz CT molecular complexity index is 239. The summed E-state index contributed by atoms with van der Waals surface area (Å²) in [4.78, 5) is 12.2. The summed E-state index contributed by atoms with van der Waals surface area (Å²) in [6.07, 6.45) is -4.12. The first-order chi connectivity index (χ1) is 7.44. The van der Waals surface area contributed by atoms with Crippen LogP contribution in [0.4, 0.5) is 13.2 Å². The molecule has 94 valence electrons. The van der Waals surface area contributed by atoms with Crippen LogP contribution in [-0.4, -0.2) is 54.5 Å². The van der Waals surface area contributed by atoms with Crippen LogP contribution in [0, 0.1) is 0 Å². The molecule has 1 fully saturated rings. The molecule has 0 aromatic heterocycles. The maximum atomic E-state index is 12.2. The summed E-state index contributed by atoms with van der Waals surface area (Å²) in [5, 5.41) is 8.62. The molecule has 0 saturated carbocycles. The van der Waals surface area contributed by atoms with Gasteiger partial charge in [0, 0.05) is 13.2 Å². The average molecular weight is 241 g/mol. The summed E-state index contributed by atoms with van der Waals surface area (Å²) in [5.41, 5.74) is 0. The normalized spacial score (nSPS) is 21.1. The summed E-state index contributed by atoms with van der Waals surface area (Å²) in [5.74, 6) is -0.691. The number of carbonyl (C=O) groups is 1. The van der Waals surface area contributed by atoms with Gasteiger partial charge in [-0.2, -0.15) is 13.2 Å². The Morgan fingerprint density at radius 3 is 2.62 bits per heavy atom. The van der Waals surface area contributed by atoms with E-state index < -0.39 is 31.3 Å². The Morgan fingerprint density at radius 1 is 1.50 bits per heavy atom. The van der Waals surface area contributed by atoms with Gasteiger partial charge in [-0.3, -0.25) is 4.79 Å². The molecule has 1 atom stereocenters. The molecule has 0 aromatic carbocycles. The molecule has 1 heterocycles. The Labute approximate surface area is 91.0 Å². The second-order valence-electron chi connectivity index (χ2n) is 3.60. The van der Waals surface area contributed by atoms with Crippen molar-refractivity contribution < 1.29 is 27.8 Å². The standard InChI is InChI=1S/C9H14F3NO3/c10-9(11,12)6-13(3-4-14)8(15)7-2-1-5-16-7/h7,14H,1-6H2. The van der Waals surface area contributed by atoms with E-state index in [9.17, 15) is 18.0 Å². The number of nitrogens with zero attached hydrogens (tertiary/aromatic N) is 1. The molecule has 16 heavy (non-hydrogen) atoms. The zero-order valence-electron chi connectivity index (χ0n) is 8.66. The predicted octanol–water partition coefficient (Wildman–Crippen LogP) is 0.549. The number of rotatable bonds is 4. The number of carbonyl (C=O) groups excluding carboxylic acids is 1. The minimum atomic E-state index is -4.45. The highest BCUT2D eigenvalue weighted by molar-refractivity contribution is 5.81. The van der Waals surface area contributed by atoms with Crippen molar-refractivity contribution in [3.63, 3.8) is 0 Å². The summed E-state index contributed by atoms with van der Waals surface area (Å²) >= 11 is 0. The first-order valence-electron chi connectivity index (χ1n) is 5.02. The topological polar surface area (TPSA) is 49.8 Å². The second kappa shape index (κ2) is 5.49. The maximum Gasteiger partial charge on any atom is 0.406 e. The number of aliphatic hydroxyl groups is 1. The van der Waals surface area contributed by atoms with Crippen molar-refractivity contribution in [3.8, 4) is 0 Å². The van der Waals surface area contributed by atoms with Crippen LogP contribution in [-0.2, 0) is 9.53 Å². The van der Waals surface area contributed by atoms with E-state index in [2.05, 4.69) is 0 Å². The van der Waals surface area contributed by atoms with Crippen LogP contribution in [0.15, 0.2) is 0 Å². The molecular formula is C9H14F3NO3. The van der Waals surface area contributed by atoms with Gasteiger partial charge in [-0.15, -0.1) is 0 Å². The average Bonchev–Trinajstić information content (AvgIpc) is 2.66. The van der Waals surface area contributed by atoms with Crippen molar-refractivity contribution in [2.45, 2.75) is 25.1 Å².